The van der Waals surface area contributed by atoms with Gasteiger partial charge < -0.3 is 5.32 Å². The predicted octanol–water partition coefficient (Wildman–Crippen LogP) is 4.43. The smallest absolute Gasteiger partial charge is 0.244 e. The van der Waals surface area contributed by atoms with E-state index in [0.717, 1.165) is 22.3 Å². The molecule has 3 rings (SSSR count). The normalized spacial score (nSPS) is 10.0. The lowest BCUT2D eigenvalue weighted by Crippen LogP contribution is -2.20. The van der Waals surface area contributed by atoms with Gasteiger partial charge in [-0.15, -0.1) is 0 Å². The largest absolute Gasteiger partial charge is 0.348 e. The number of amides is 1. The highest BCUT2D eigenvalue weighted by molar-refractivity contribution is 5.99. The van der Waals surface area contributed by atoms with E-state index in [4.69, 9.17) is 0 Å². The van der Waals surface area contributed by atoms with Gasteiger partial charge in [0.05, 0.1) is 0 Å². The number of rotatable bonds is 5. The molecule has 2 heteroatoms. The van der Waals surface area contributed by atoms with Crippen LogP contribution in [0.1, 0.15) is 16.7 Å². The molecule has 0 aliphatic carbocycles. The van der Waals surface area contributed by atoms with E-state index in [1.54, 1.807) is 6.08 Å². The van der Waals surface area contributed by atoms with Crippen molar-refractivity contribution in [2.24, 2.45) is 0 Å². The van der Waals surface area contributed by atoms with Gasteiger partial charge in [0.25, 0.3) is 0 Å². The fraction of sp³-hybridized carbons (Fsp3) is 0.0455. The van der Waals surface area contributed by atoms with Crippen LogP contribution in [-0.4, -0.2) is 5.91 Å². The predicted molar refractivity (Wildman–Crippen MR) is 98.3 cm³/mol. The molecule has 3 aromatic rings. The molecule has 1 amide bonds. The Bertz CT molecular complexity index is 767. The Kier molecular flexibility index (Phi) is 5.21. The molecule has 0 aliphatic rings. The molecule has 0 unspecified atom stereocenters. The molecule has 0 radical (unpaired) electrons. The number of benzene rings is 3. The molecule has 0 aliphatic heterocycles. The molecule has 0 aromatic heterocycles. The van der Waals surface area contributed by atoms with Crippen LogP contribution in [0, 0.1) is 0 Å². The molecule has 0 saturated heterocycles. The summed E-state index contributed by atoms with van der Waals surface area (Å²) in [5.74, 6) is -0.0958. The average Bonchev–Trinajstić information content (AvgIpc) is 2.67. The van der Waals surface area contributed by atoms with E-state index in [1.807, 2.05) is 91.0 Å². The second-order valence-electron chi connectivity index (χ2n) is 5.49. The summed E-state index contributed by atoms with van der Waals surface area (Å²) in [6.07, 6.45) is 1.67. The quantitative estimate of drug-likeness (QED) is 0.693. The van der Waals surface area contributed by atoms with Gasteiger partial charge in [-0.1, -0.05) is 91.0 Å². The number of hydrogen-bond donors (Lipinski definition) is 1. The Labute approximate surface area is 142 Å². The van der Waals surface area contributed by atoms with E-state index in [2.05, 4.69) is 5.32 Å². The number of hydrogen-bond acceptors (Lipinski definition) is 1. The minimum absolute atomic E-state index is 0.0958. The first-order valence-electron chi connectivity index (χ1n) is 7.97. The highest BCUT2D eigenvalue weighted by Crippen LogP contribution is 2.22. The van der Waals surface area contributed by atoms with Gasteiger partial charge >= 0.3 is 0 Å². The molecule has 0 fully saturated rings. The summed E-state index contributed by atoms with van der Waals surface area (Å²) in [5, 5.41) is 2.95. The summed E-state index contributed by atoms with van der Waals surface area (Å²) in [6.45, 7) is 0.521. The van der Waals surface area contributed by atoms with Crippen molar-refractivity contribution in [3.8, 4) is 0 Å². The Morgan fingerprint density at radius 1 is 0.708 bits per heavy atom. The van der Waals surface area contributed by atoms with E-state index < -0.39 is 0 Å². The SMILES string of the molecule is O=C(C=C(c1ccccc1)c1ccccc1)NCc1ccccc1. The standard InChI is InChI=1S/C22H19NO/c24-22(23-17-18-10-4-1-5-11-18)16-21(19-12-6-2-7-13-19)20-14-8-3-9-15-20/h1-16H,17H2,(H,23,24). The van der Waals surface area contributed by atoms with Gasteiger partial charge in [0.15, 0.2) is 0 Å². The van der Waals surface area contributed by atoms with Crippen LogP contribution in [0.3, 0.4) is 0 Å². The number of carbonyl (C=O) groups excluding carboxylic acids is 1. The van der Waals surface area contributed by atoms with Crippen LogP contribution in [0.2, 0.25) is 0 Å². The van der Waals surface area contributed by atoms with Crippen LogP contribution in [0.15, 0.2) is 97.1 Å². The molecular formula is C22H19NO. The lowest BCUT2D eigenvalue weighted by atomic mass is 9.97. The van der Waals surface area contributed by atoms with Crippen molar-refractivity contribution in [3.63, 3.8) is 0 Å². The van der Waals surface area contributed by atoms with Gasteiger partial charge in [0.2, 0.25) is 5.91 Å². The lowest BCUT2D eigenvalue weighted by molar-refractivity contribution is -0.116. The van der Waals surface area contributed by atoms with Gasteiger partial charge in [-0.05, 0) is 22.3 Å². The van der Waals surface area contributed by atoms with Gasteiger partial charge in [-0.3, -0.25) is 4.79 Å². The average molecular weight is 313 g/mol. The summed E-state index contributed by atoms with van der Waals surface area (Å²) in [5.41, 5.74) is 4.05. The third-order valence-electron chi connectivity index (χ3n) is 3.75. The zero-order valence-corrected chi connectivity index (χ0v) is 13.4. The first-order chi connectivity index (χ1) is 11.8. The Morgan fingerprint density at radius 2 is 1.17 bits per heavy atom. The first-order valence-corrected chi connectivity index (χ1v) is 7.97. The molecule has 24 heavy (non-hydrogen) atoms. The summed E-state index contributed by atoms with van der Waals surface area (Å²) in [6, 6.07) is 29.8. The van der Waals surface area contributed by atoms with Crippen LogP contribution in [0.5, 0.6) is 0 Å². The zero-order chi connectivity index (χ0) is 16.6. The van der Waals surface area contributed by atoms with Crippen LogP contribution in [-0.2, 0) is 11.3 Å². The van der Waals surface area contributed by atoms with E-state index in [0.29, 0.717) is 6.54 Å². The van der Waals surface area contributed by atoms with Crippen LogP contribution in [0.4, 0.5) is 0 Å². The van der Waals surface area contributed by atoms with Crippen molar-refractivity contribution in [3.05, 3.63) is 114 Å². The molecule has 0 atom stereocenters. The highest BCUT2D eigenvalue weighted by Gasteiger charge is 2.07. The van der Waals surface area contributed by atoms with Crippen molar-refractivity contribution in [2.45, 2.75) is 6.54 Å². The first kappa shape index (κ1) is 15.8. The number of nitrogens with one attached hydrogen (secondary N) is 1. The summed E-state index contributed by atoms with van der Waals surface area (Å²) in [7, 11) is 0. The van der Waals surface area contributed by atoms with Crippen molar-refractivity contribution in [1.82, 2.24) is 5.32 Å². The Balaban J connectivity index is 1.82. The van der Waals surface area contributed by atoms with Crippen molar-refractivity contribution in [2.75, 3.05) is 0 Å². The topological polar surface area (TPSA) is 29.1 Å². The molecule has 118 valence electrons. The van der Waals surface area contributed by atoms with Gasteiger partial charge in [-0.25, -0.2) is 0 Å². The van der Waals surface area contributed by atoms with Gasteiger partial charge in [-0.2, -0.15) is 0 Å². The third kappa shape index (κ3) is 4.20. The molecule has 0 bridgehead atoms. The third-order valence-corrected chi connectivity index (χ3v) is 3.75. The van der Waals surface area contributed by atoms with Crippen LogP contribution >= 0.6 is 0 Å². The monoisotopic (exact) mass is 313 g/mol. The van der Waals surface area contributed by atoms with E-state index in [1.165, 1.54) is 0 Å². The second-order valence-corrected chi connectivity index (χ2v) is 5.49. The summed E-state index contributed by atoms with van der Waals surface area (Å²) >= 11 is 0. The minimum Gasteiger partial charge on any atom is -0.348 e. The summed E-state index contributed by atoms with van der Waals surface area (Å²) in [4.78, 5) is 12.4. The maximum absolute atomic E-state index is 12.4. The van der Waals surface area contributed by atoms with Crippen LogP contribution < -0.4 is 5.32 Å². The molecule has 1 N–H and O–H groups in total. The maximum Gasteiger partial charge on any atom is 0.244 e. The van der Waals surface area contributed by atoms with Crippen molar-refractivity contribution in [1.29, 1.82) is 0 Å². The molecular weight excluding hydrogens is 294 g/mol. The fourth-order valence-electron chi connectivity index (χ4n) is 2.54. The maximum atomic E-state index is 12.4. The second kappa shape index (κ2) is 7.93. The molecule has 3 aromatic carbocycles. The highest BCUT2D eigenvalue weighted by atomic mass is 16.1. The van der Waals surface area contributed by atoms with E-state index in [-0.39, 0.29) is 5.91 Å². The minimum atomic E-state index is -0.0958. The van der Waals surface area contributed by atoms with Gasteiger partial charge in [0.1, 0.15) is 0 Å². The molecule has 0 saturated carbocycles. The molecule has 2 nitrogen and oxygen atoms in total. The zero-order valence-electron chi connectivity index (χ0n) is 13.4. The van der Waals surface area contributed by atoms with E-state index >= 15 is 0 Å². The Morgan fingerprint density at radius 3 is 1.67 bits per heavy atom. The lowest BCUT2D eigenvalue weighted by Gasteiger charge is -2.09. The van der Waals surface area contributed by atoms with E-state index in [9.17, 15) is 4.79 Å². The summed E-state index contributed by atoms with van der Waals surface area (Å²) < 4.78 is 0. The van der Waals surface area contributed by atoms with Crippen molar-refractivity contribution >= 4 is 11.5 Å². The Hall–Kier alpha value is -3.13. The number of carbonyl (C=O) groups is 1. The molecule has 0 heterocycles. The van der Waals surface area contributed by atoms with Crippen LogP contribution in [0.25, 0.3) is 5.57 Å². The molecule has 0 spiro atoms. The van der Waals surface area contributed by atoms with Crippen molar-refractivity contribution < 1.29 is 4.79 Å². The van der Waals surface area contributed by atoms with Gasteiger partial charge in [0, 0.05) is 12.6 Å². The fourth-order valence-corrected chi connectivity index (χ4v) is 2.54.